The highest BCUT2D eigenvalue weighted by Gasteiger charge is 2.13. The first-order valence-electron chi connectivity index (χ1n) is 5.31. The van der Waals surface area contributed by atoms with Gasteiger partial charge in [-0.15, -0.1) is 11.8 Å². The van der Waals surface area contributed by atoms with Crippen molar-refractivity contribution in [2.45, 2.75) is 37.8 Å². The van der Waals surface area contributed by atoms with Crippen LogP contribution in [-0.4, -0.2) is 27.3 Å². The number of primary amides is 1. The van der Waals surface area contributed by atoms with Gasteiger partial charge in [-0.2, -0.15) is 4.98 Å². The van der Waals surface area contributed by atoms with Gasteiger partial charge in [0.2, 0.25) is 11.8 Å². The summed E-state index contributed by atoms with van der Waals surface area (Å²) in [5.74, 6) is 1.44. The van der Waals surface area contributed by atoms with E-state index in [4.69, 9.17) is 10.3 Å². The summed E-state index contributed by atoms with van der Waals surface area (Å²) in [4.78, 5) is 14.7. The molecule has 0 aliphatic carbocycles. The zero-order valence-electron chi connectivity index (χ0n) is 10.3. The van der Waals surface area contributed by atoms with Gasteiger partial charge in [-0.05, 0) is 0 Å². The molecule has 6 nitrogen and oxygen atoms in total. The minimum absolute atomic E-state index is 0.106. The van der Waals surface area contributed by atoms with E-state index in [1.54, 1.807) is 11.8 Å². The number of hydrogen-bond acceptors (Lipinski definition) is 6. The molecule has 1 aromatic heterocycles. The fraction of sp³-hybridized carbons (Fsp3) is 0.700. The highest BCUT2D eigenvalue weighted by atomic mass is 32.2. The Balaban J connectivity index is 2.35. The van der Waals surface area contributed by atoms with Crippen molar-refractivity contribution in [1.82, 2.24) is 15.5 Å². The predicted molar refractivity (Wildman–Crippen MR) is 66.2 cm³/mol. The van der Waals surface area contributed by atoms with Crippen LogP contribution in [0.4, 0.5) is 0 Å². The van der Waals surface area contributed by atoms with E-state index < -0.39 is 5.91 Å². The van der Waals surface area contributed by atoms with Crippen molar-refractivity contribution in [2.24, 2.45) is 5.73 Å². The van der Waals surface area contributed by atoms with Crippen LogP contribution in [0.15, 0.2) is 4.52 Å². The quantitative estimate of drug-likeness (QED) is 0.779. The monoisotopic (exact) mass is 258 g/mol. The Morgan fingerprint density at radius 2 is 2.24 bits per heavy atom. The number of nitrogens with one attached hydrogen (secondary N) is 1. The lowest BCUT2D eigenvalue weighted by atomic mass is 10.3. The topological polar surface area (TPSA) is 94.0 Å². The van der Waals surface area contributed by atoms with Gasteiger partial charge < -0.3 is 10.3 Å². The molecule has 1 aromatic rings. The molecule has 0 aromatic carbocycles. The van der Waals surface area contributed by atoms with Crippen molar-refractivity contribution in [1.29, 1.82) is 0 Å². The predicted octanol–water partition coefficient (Wildman–Crippen LogP) is 0.676. The number of carbonyl (C=O) groups is 1. The largest absolute Gasteiger partial charge is 0.369 e. The van der Waals surface area contributed by atoms with Crippen LogP contribution >= 0.6 is 11.8 Å². The summed E-state index contributed by atoms with van der Waals surface area (Å²) in [6.07, 6.45) is 0. The minimum atomic E-state index is -0.409. The Hall–Kier alpha value is -1.08. The zero-order chi connectivity index (χ0) is 12.9. The number of aromatic nitrogens is 2. The number of nitrogens with two attached hydrogens (primary N) is 1. The highest BCUT2D eigenvalue weighted by molar-refractivity contribution is 7.99. The van der Waals surface area contributed by atoms with Gasteiger partial charge in [0.15, 0.2) is 5.82 Å². The van der Waals surface area contributed by atoms with Gasteiger partial charge in [0.05, 0.1) is 18.8 Å². The van der Waals surface area contributed by atoms with Crippen molar-refractivity contribution in [3.05, 3.63) is 11.7 Å². The number of amides is 1. The van der Waals surface area contributed by atoms with E-state index in [0.717, 1.165) is 0 Å². The van der Waals surface area contributed by atoms with Crippen LogP contribution in [0.1, 0.15) is 32.5 Å². The van der Waals surface area contributed by atoms with E-state index in [2.05, 4.69) is 36.2 Å². The van der Waals surface area contributed by atoms with E-state index in [-0.39, 0.29) is 11.3 Å². The molecular formula is C10H18N4O2S. The summed E-state index contributed by atoms with van der Waals surface area (Å²) < 4.78 is 5.19. The van der Waals surface area contributed by atoms with Gasteiger partial charge >= 0.3 is 0 Å². The first kappa shape index (κ1) is 14.0. The van der Waals surface area contributed by atoms with E-state index in [1.807, 2.05) is 0 Å². The fourth-order valence-electron chi connectivity index (χ4n) is 0.994. The SMILES string of the molecule is CC(C)(C)SCc1noc(CNCC(N)=O)n1. The van der Waals surface area contributed by atoms with E-state index in [1.165, 1.54) is 0 Å². The summed E-state index contributed by atoms with van der Waals surface area (Å²) in [6, 6.07) is 0. The lowest BCUT2D eigenvalue weighted by molar-refractivity contribution is -0.117. The summed E-state index contributed by atoms with van der Waals surface area (Å²) in [5, 5.41) is 6.66. The van der Waals surface area contributed by atoms with Crippen LogP contribution in [0.5, 0.6) is 0 Å². The van der Waals surface area contributed by atoms with Gasteiger partial charge in [-0.1, -0.05) is 25.9 Å². The maximum Gasteiger partial charge on any atom is 0.240 e. The van der Waals surface area contributed by atoms with Crippen LogP contribution in [0.3, 0.4) is 0 Å². The number of rotatable bonds is 6. The molecule has 1 rings (SSSR count). The molecule has 1 heterocycles. The molecular weight excluding hydrogens is 240 g/mol. The highest BCUT2D eigenvalue weighted by Crippen LogP contribution is 2.25. The maximum absolute atomic E-state index is 10.5. The Labute approximate surface area is 105 Å². The maximum atomic E-state index is 10.5. The van der Waals surface area contributed by atoms with Crippen molar-refractivity contribution in [2.75, 3.05) is 6.54 Å². The molecule has 0 saturated heterocycles. The minimum Gasteiger partial charge on any atom is -0.369 e. The summed E-state index contributed by atoms with van der Waals surface area (Å²) in [6.45, 7) is 6.86. The third kappa shape index (κ3) is 6.28. The Kier molecular flexibility index (Phi) is 4.95. The number of thioether (sulfide) groups is 1. The lowest BCUT2D eigenvalue weighted by Gasteiger charge is -2.15. The summed E-state index contributed by atoms with van der Waals surface area (Å²) in [7, 11) is 0. The number of hydrogen-bond donors (Lipinski definition) is 2. The second-order valence-corrected chi connectivity index (χ2v) is 6.38. The van der Waals surface area contributed by atoms with Gasteiger partial charge in [0.1, 0.15) is 0 Å². The molecule has 1 amide bonds. The average Bonchev–Trinajstić information content (AvgIpc) is 2.61. The molecule has 0 aliphatic rings. The molecule has 17 heavy (non-hydrogen) atoms. The molecule has 0 radical (unpaired) electrons. The summed E-state index contributed by atoms with van der Waals surface area (Å²) in [5.41, 5.74) is 4.99. The van der Waals surface area contributed by atoms with Gasteiger partial charge in [0.25, 0.3) is 0 Å². The van der Waals surface area contributed by atoms with E-state index in [0.29, 0.717) is 24.0 Å². The Bertz CT molecular complexity index is 373. The van der Waals surface area contributed by atoms with Crippen molar-refractivity contribution in [3.63, 3.8) is 0 Å². The molecule has 0 saturated carbocycles. The van der Waals surface area contributed by atoms with Gasteiger partial charge in [-0.25, -0.2) is 0 Å². The first-order valence-corrected chi connectivity index (χ1v) is 6.30. The second kappa shape index (κ2) is 6.02. The van der Waals surface area contributed by atoms with Crippen LogP contribution in [-0.2, 0) is 17.1 Å². The third-order valence-corrected chi connectivity index (χ3v) is 2.99. The van der Waals surface area contributed by atoms with E-state index in [9.17, 15) is 4.79 Å². The normalized spacial score (nSPS) is 11.7. The first-order chi connectivity index (χ1) is 7.87. The van der Waals surface area contributed by atoms with Crippen LogP contribution < -0.4 is 11.1 Å². The molecule has 0 fully saturated rings. The Morgan fingerprint density at radius 3 is 2.82 bits per heavy atom. The van der Waals surface area contributed by atoms with Crippen LogP contribution in [0, 0.1) is 0 Å². The third-order valence-electron chi connectivity index (χ3n) is 1.72. The molecule has 3 N–H and O–H groups in total. The van der Waals surface area contributed by atoms with Crippen molar-refractivity contribution < 1.29 is 9.32 Å². The molecule has 0 spiro atoms. The van der Waals surface area contributed by atoms with Crippen LogP contribution in [0.2, 0.25) is 0 Å². The summed E-state index contributed by atoms with van der Waals surface area (Å²) >= 11 is 1.75. The van der Waals surface area contributed by atoms with Crippen LogP contribution in [0.25, 0.3) is 0 Å². The second-order valence-electron chi connectivity index (χ2n) is 4.58. The molecule has 0 aliphatic heterocycles. The fourth-order valence-corrected chi connectivity index (χ4v) is 1.67. The molecule has 96 valence electrons. The lowest BCUT2D eigenvalue weighted by Crippen LogP contribution is -2.28. The average molecular weight is 258 g/mol. The molecule has 0 bridgehead atoms. The van der Waals surface area contributed by atoms with Gasteiger partial charge in [-0.3, -0.25) is 10.1 Å². The van der Waals surface area contributed by atoms with Crippen molar-refractivity contribution >= 4 is 17.7 Å². The van der Waals surface area contributed by atoms with E-state index >= 15 is 0 Å². The molecule has 7 heteroatoms. The zero-order valence-corrected chi connectivity index (χ0v) is 11.1. The smallest absolute Gasteiger partial charge is 0.240 e. The number of nitrogens with zero attached hydrogens (tertiary/aromatic N) is 2. The standard InChI is InChI=1S/C10H18N4O2S/c1-10(2,3)17-6-8-13-9(16-14-8)5-12-4-7(11)15/h12H,4-6H2,1-3H3,(H2,11,15). The van der Waals surface area contributed by atoms with Gasteiger partial charge in [0, 0.05) is 4.75 Å². The molecule has 0 atom stereocenters. The van der Waals surface area contributed by atoms with Crippen molar-refractivity contribution in [3.8, 4) is 0 Å². The Morgan fingerprint density at radius 1 is 1.53 bits per heavy atom. The molecule has 0 unspecified atom stereocenters. The number of carbonyl (C=O) groups excluding carboxylic acids is 1.